The van der Waals surface area contributed by atoms with Gasteiger partial charge in [-0.15, -0.1) is 5.10 Å². The molecule has 0 unspecified atom stereocenters. The van der Waals surface area contributed by atoms with Gasteiger partial charge in [0.2, 0.25) is 5.95 Å². The average Bonchev–Trinajstić information content (AvgIpc) is 3.12. The molecule has 1 aliphatic carbocycles. The fraction of sp³-hybridized carbons (Fsp3) is 0.211. The van der Waals surface area contributed by atoms with Crippen molar-refractivity contribution in [1.82, 2.24) is 24.5 Å². The first kappa shape index (κ1) is 16.0. The highest BCUT2D eigenvalue weighted by molar-refractivity contribution is 5.91. The third-order valence-corrected chi connectivity index (χ3v) is 5.03. The molecule has 2 atom stereocenters. The molecule has 0 saturated heterocycles. The number of fused-ring (bicyclic) bond motifs is 1. The van der Waals surface area contributed by atoms with Crippen molar-refractivity contribution in [2.45, 2.75) is 25.5 Å². The van der Waals surface area contributed by atoms with E-state index in [-0.39, 0.29) is 17.6 Å². The van der Waals surface area contributed by atoms with Crippen molar-refractivity contribution in [2.24, 2.45) is 0 Å². The van der Waals surface area contributed by atoms with Crippen LogP contribution in [0.2, 0.25) is 0 Å². The minimum absolute atomic E-state index is 0.0722. The van der Waals surface area contributed by atoms with Gasteiger partial charge in [-0.1, -0.05) is 11.3 Å². The van der Waals surface area contributed by atoms with Crippen LogP contribution in [0.1, 0.15) is 18.2 Å². The number of aliphatic hydroxyl groups excluding tert-OH is 1. The number of hydrogen-bond acceptors (Lipinski definition) is 5. The summed E-state index contributed by atoms with van der Waals surface area (Å²) in [6.45, 7) is 1.81. The maximum absolute atomic E-state index is 14.0. The van der Waals surface area contributed by atoms with Crippen LogP contribution in [0.5, 0.6) is 5.88 Å². The van der Waals surface area contributed by atoms with Crippen LogP contribution >= 0.6 is 0 Å². The topological polar surface area (TPSA) is 89.0 Å². The summed E-state index contributed by atoms with van der Waals surface area (Å²) in [7, 11) is 0. The zero-order valence-electron chi connectivity index (χ0n) is 14.4. The lowest BCUT2D eigenvalue weighted by atomic mass is 10.1. The Balaban J connectivity index is 1.59. The fourth-order valence-electron chi connectivity index (χ4n) is 3.45. The molecule has 0 bridgehead atoms. The number of aromatic hydroxyl groups is 1. The van der Waals surface area contributed by atoms with Gasteiger partial charge in [0.05, 0.1) is 17.8 Å². The van der Waals surface area contributed by atoms with Gasteiger partial charge in [-0.05, 0) is 37.6 Å². The smallest absolute Gasteiger partial charge is 0.238 e. The van der Waals surface area contributed by atoms with Gasteiger partial charge in [-0.25, -0.2) is 9.67 Å². The van der Waals surface area contributed by atoms with E-state index in [9.17, 15) is 14.6 Å². The van der Waals surface area contributed by atoms with Crippen molar-refractivity contribution >= 4 is 10.8 Å². The molecule has 2 N–H and O–H groups in total. The Morgan fingerprint density at radius 2 is 2.07 bits per heavy atom. The lowest BCUT2D eigenvalue weighted by molar-refractivity contribution is 0.255. The second kappa shape index (κ2) is 5.62. The first-order valence-corrected chi connectivity index (χ1v) is 8.60. The van der Waals surface area contributed by atoms with Gasteiger partial charge in [-0.3, -0.25) is 0 Å². The second-order valence-electron chi connectivity index (χ2n) is 6.78. The van der Waals surface area contributed by atoms with Crippen LogP contribution in [0.4, 0.5) is 4.39 Å². The van der Waals surface area contributed by atoms with Crippen molar-refractivity contribution in [2.75, 3.05) is 0 Å². The predicted molar refractivity (Wildman–Crippen MR) is 96.1 cm³/mol. The maximum Gasteiger partial charge on any atom is 0.238 e. The Hall–Kier alpha value is -3.26. The summed E-state index contributed by atoms with van der Waals surface area (Å²) < 4.78 is 17.1. The molecule has 8 heteroatoms. The SMILES string of the molecule is Cc1c(-c2ccc3c(O)n([C@H]4C[C@@H]4O)cc3c2)nnn1-c1cccnc1F. The lowest BCUT2D eigenvalue weighted by Crippen LogP contribution is -2.03. The minimum atomic E-state index is -0.613. The fourth-order valence-corrected chi connectivity index (χ4v) is 3.45. The number of aromatic nitrogens is 5. The molecule has 0 aliphatic heterocycles. The number of rotatable bonds is 3. The average molecular weight is 365 g/mol. The van der Waals surface area contributed by atoms with Crippen molar-refractivity contribution in [1.29, 1.82) is 0 Å². The highest BCUT2D eigenvalue weighted by Crippen LogP contribution is 2.42. The molecule has 4 aromatic rings. The Kier molecular flexibility index (Phi) is 3.32. The third-order valence-electron chi connectivity index (χ3n) is 5.03. The molecule has 1 saturated carbocycles. The van der Waals surface area contributed by atoms with Crippen molar-refractivity contribution in [3.8, 4) is 22.8 Å². The molecular weight excluding hydrogens is 349 g/mol. The molecule has 1 fully saturated rings. The molecule has 0 radical (unpaired) electrons. The van der Waals surface area contributed by atoms with Crippen LogP contribution in [0.3, 0.4) is 0 Å². The molecule has 5 rings (SSSR count). The molecule has 1 aliphatic rings. The third kappa shape index (κ3) is 2.41. The molecule has 1 aromatic carbocycles. The zero-order chi connectivity index (χ0) is 18.7. The van der Waals surface area contributed by atoms with Crippen LogP contribution in [0.25, 0.3) is 27.7 Å². The monoisotopic (exact) mass is 365 g/mol. The Labute approximate surface area is 153 Å². The largest absolute Gasteiger partial charge is 0.494 e. The van der Waals surface area contributed by atoms with Gasteiger partial charge in [-0.2, -0.15) is 4.39 Å². The van der Waals surface area contributed by atoms with E-state index >= 15 is 0 Å². The number of hydrogen-bond donors (Lipinski definition) is 2. The van der Waals surface area contributed by atoms with Crippen molar-refractivity contribution in [3.63, 3.8) is 0 Å². The summed E-state index contributed by atoms with van der Waals surface area (Å²) in [4.78, 5) is 3.65. The van der Waals surface area contributed by atoms with E-state index in [0.29, 0.717) is 23.2 Å². The Morgan fingerprint density at radius 1 is 1.26 bits per heavy atom. The van der Waals surface area contributed by atoms with E-state index < -0.39 is 12.1 Å². The second-order valence-corrected chi connectivity index (χ2v) is 6.78. The van der Waals surface area contributed by atoms with Gasteiger partial charge < -0.3 is 14.8 Å². The van der Waals surface area contributed by atoms with Gasteiger partial charge in [0.1, 0.15) is 11.4 Å². The molecule has 3 aromatic heterocycles. The van der Waals surface area contributed by atoms with Crippen LogP contribution in [-0.2, 0) is 0 Å². The standard InChI is InChI=1S/C19H16FN5O2/c1-10-17(22-23-25(10)14-3-2-6-21-18(14)20)11-4-5-13-12(7-11)9-24(19(13)27)15-8-16(15)26/h2-7,9,15-16,26-27H,8H2,1H3/t15-,16-/m0/s1. The molecule has 7 nitrogen and oxygen atoms in total. The van der Waals surface area contributed by atoms with Crippen molar-refractivity contribution < 1.29 is 14.6 Å². The molecule has 3 heterocycles. The Bertz CT molecular complexity index is 1180. The minimum Gasteiger partial charge on any atom is -0.494 e. The number of nitrogens with zero attached hydrogens (tertiary/aromatic N) is 5. The number of aliphatic hydroxyl groups is 1. The number of pyridine rings is 1. The van der Waals surface area contributed by atoms with Crippen LogP contribution in [0, 0.1) is 12.9 Å². The normalized spacial score (nSPS) is 18.9. The van der Waals surface area contributed by atoms with Crippen LogP contribution in [-0.4, -0.2) is 40.9 Å². The lowest BCUT2D eigenvalue weighted by Gasteiger charge is -2.04. The molecule has 0 spiro atoms. The van der Waals surface area contributed by atoms with Gasteiger partial charge >= 0.3 is 0 Å². The van der Waals surface area contributed by atoms with E-state index in [4.69, 9.17) is 0 Å². The van der Waals surface area contributed by atoms with Gasteiger partial charge in [0.25, 0.3) is 0 Å². The highest BCUT2D eigenvalue weighted by atomic mass is 19.1. The maximum atomic E-state index is 14.0. The van der Waals surface area contributed by atoms with Gasteiger partial charge in [0, 0.05) is 28.7 Å². The summed E-state index contributed by atoms with van der Waals surface area (Å²) in [5, 5.41) is 29.9. The number of benzene rings is 1. The summed E-state index contributed by atoms with van der Waals surface area (Å²) in [6, 6.07) is 8.72. The summed E-state index contributed by atoms with van der Waals surface area (Å²) >= 11 is 0. The summed E-state index contributed by atoms with van der Waals surface area (Å²) in [6.07, 6.45) is 3.45. The summed E-state index contributed by atoms with van der Waals surface area (Å²) in [5.41, 5.74) is 2.35. The van der Waals surface area contributed by atoms with E-state index in [1.807, 2.05) is 31.3 Å². The van der Waals surface area contributed by atoms with E-state index in [2.05, 4.69) is 15.3 Å². The Morgan fingerprint density at radius 3 is 2.81 bits per heavy atom. The summed E-state index contributed by atoms with van der Waals surface area (Å²) in [5.74, 6) is -0.464. The van der Waals surface area contributed by atoms with Crippen LogP contribution in [0.15, 0.2) is 42.7 Å². The molecule has 0 amide bonds. The van der Waals surface area contributed by atoms with E-state index in [0.717, 1.165) is 10.9 Å². The quantitative estimate of drug-likeness (QED) is 0.545. The number of halogens is 1. The molecule has 27 heavy (non-hydrogen) atoms. The van der Waals surface area contributed by atoms with E-state index in [1.54, 1.807) is 16.7 Å². The van der Waals surface area contributed by atoms with Gasteiger partial charge in [0.15, 0.2) is 5.88 Å². The van der Waals surface area contributed by atoms with Crippen LogP contribution < -0.4 is 0 Å². The highest BCUT2D eigenvalue weighted by Gasteiger charge is 2.38. The first-order valence-electron chi connectivity index (χ1n) is 8.60. The molecule has 136 valence electrons. The van der Waals surface area contributed by atoms with Crippen molar-refractivity contribution in [3.05, 3.63) is 54.4 Å². The van der Waals surface area contributed by atoms with E-state index in [1.165, 1.54) is 10.9 Å². The first-order chi connectivity index (χ1) is 13.0. The zero-order valence-corrected chi connectivity index (χ0v) is 14.4. The molecular formula is C19H16FN5O2. The predicted octanol–water partition coefficient (Wildman–Crippen LogP) is 2.74.